The number of halogens is 1. The molecule has 0 fully saturated rings. The fourth-order valence-corrected chi connectivity index (χ4v) is 2.21. The summed E-state index contributed by atoms with van der Waals surface area (Å²) in [4.78, 5) is 0. The zero-order valence-electron chi connectivity index (χ0n) is 8.13. The van der Waals surface area contributed by atoms with Gasteiger partial charge in [-0.15, -0.1) is 0 Å². The lowest BCUT2D eigenvalue weighted by atomic mass is 9.90. The molecule has 1 aromatic carbocycles. The maximum Gasteiger partial charge on any atom is 0.0451 e. The monoisotopic (exact) mass is 258 g/mol. The zero-order chi connectivity index (χ0) is 10.8. The number of hydrogen-bond donors (Lipinski definition) is 3. The van der Waals surface area contributed by atoms with Crippen molar-refractivity contribution in [3.05, 3.63) is 28.2 Å². The second-order valence-corrected chi connectivity index (χ2v) is 4.48. The number of rotatable bonds is 3. The van der Waals surface area contributed by atoms with Crippen molar-refractivity contribution in [2.24, 2.45) is 5.73 Å². The molecule has 1 unspecified atom stereocenters. The van der Waals surface area contributed by atoms with Crippen LogP contribution in [-0.4, -0.2) is 11.7 Å². The molecule has 0 aliphatic carbocycles. The van der Waals surface area contributed by atoms with Gasteiger partial charge >= 0.3 is 0 Å². The predicted octanol–water partition coefficient (Wildman–Crippen LogP) is 1.59. The third kappa shape index (κ3) is 2.47. The van der Waals surface area contributed by atoms with Gasteiger partial charge in [0.15, 0.2) is 0 Å². The molecular weight excluding hydrogens is 244 g/mol. The van der Waals surface area contributed by atoms with E-state index in [0.717, 1.165) is 10.0 Å². The quantitative estimate of drug-likeness (QED) is 0.722. The van der Waals surface area contributed by atoms with Crippen molar-refractivity contribution in [2.75, 3.05) is 12.3 Å². The normalized spacial score (nSPS) is 15.1. The highest BCUT2D eigenvalue weighted by atomic mass is 79.9. The van der Waals surface area contributed by atoms with Gasteiger partial charge in [0.25, 0.3) is 0 Å². The third-order valence-corrected chi connectivity index (χ3v) is 2.90. The molecule has 1 aromatic rings. The minimum absolute atomic E-state index is 0.0732. The summed E-state index contributed by atoms with van der Waals surface area (Å²) < 4.78 is 0.885. The maximum atomic E-state index is 8.89. The lowest BCUT2D eigenvalue weighted by Gasteiger charge is -2.25. The van der Waals surface area contributed by atoms with Crippen molar-refractivity contribution >= 4 is 21.6 Å². The molecular formula is C10H15BrN2O. The average molecular weight is 259 g/mol. The van der Waals surface area contributed by atoms with Gasteiger partial charge < -0.3 is 16.6 Å². The average Bonchev–Trinajstić information content (AvgIpc) is 2.02. The summed E-state index contributed by atoms with van der Waals surface area (Å²) >= 11 is 3.41. The standard InChI is InChI=1S/C10H15BrN2O/c1-10(13,4-5-14)8-3-2-7(12)6-9(8)11/h2-3,6,14H,4-5,12-13H2,1H3. The van der Waals surface area contributed by atoms with Gasteiger partial charge in [-0.1, -0.05) is 22.0 Å². The van der Waals surface area contributed by atoms with E-state index in [9.17, 15) is 0 Å². The van der Waals surface area contributed by atoms with Gasteiger partial charge in [0.1, 0.15) is 0 Å². The summed E-state index contributed by atoms with van der Waals surface area (Å²) in [7, 11) is 0. The van der Waals surface area contributed by atoms with Gasteiger partial charge in [-0.2, -0.15) is 0 Å². The number of hydrogen-bond acceptors (Lipinski definition) is 3. The van der Waals surface area contributed by atoms with Crippen LogP contribution in [0.2, 0.25) is 0 Å². The second-order valence-electron chi connectivity index (χ2n) is 3.63. The minimum atomic E-state index is -0.527. The van der Waals surface area contributed by atoms with Crippen LogP contribution in [0.1, 0.15) is 18.9 Å². The van der Waals surface area contributed by atoms with E-state index in [1.807, 2.05) is 25.1 Å². The molecule has 0 saturated heterocycles. The Hall–Kier alpha value is -0.580. The molecule has 5 N–H and O–H groups in total. The van der Waals surface area contributed by atoms with Crippen LogP contribution < -0.4 is 11.5 Å². The van der Waals surface area contributed by atoms with E-state index in [0.29, 0.717) is 12.1 Å². The summed E-state index contributed by atoms with van der Waals surface area (Å²) in [6, 6.07) is 5.51. The molecule has 3 nitrogen and oxygen atoms in total. The molecule has 78 valence electrons. The van der Waals surface area contributed by atoms with Crippen molar-refractivity contribution in [3.63, 3.8) is 0 Å². The largest absolute Gasteiger partial charge is 0.399 e. The Balaban J connectivity index is 3.06. The van der Waals surface area contributed by atoms with Gasteiger partial charge in [-0.25, -0.2) is 0 Å². The first-order chi connectivity index (χ1) is 6.47. The third-order valence-electron chi connectivity index (χ3n) is 2.24. The Bertz CT molecular complexity index is 326. The van der Waals surface area contributed by atoms with E-state index in [-0.39, 0.29) is 6.61 Å². The second kappa shape index (κ2) is 4.29. The summed E-state index contributed by atoms with van der Waals surface area (Å²) in [6.45, 7) is 1.96. The van der Waals surface area contributed by atoms with Crippen LogP contribution in [-0.2, 0) is 5.54 Å². The fourth-order valence-electron chi connectivity index (χ4n) is 1.36. The molecule has 0 saturated carbocycles. The molecule has 4 heteroatoms. The van der Waals surface area contributed by atoms with E-state index in [2.05, 4.69) is 15.9 Å². The summed E-state index contributed by atoms with van der Waals surface area (Å²) in [5.41, 5.74) is 12.8. The molecule has 1 atom stereocenters. The van der Waals surface area contributed by atoms with Crippen molar-refractivity contribution < 1.29 is 5.11 Å². The first-order valence-electron chi connectivity index (χ1n) is 4.42. The van der Waals surface area contributed by atoms with Gasteiger partial charge in [-0.3, -0.25) is 0 Å². The molecule has 14 heavy (non-hydrogen) atoms. The summed E-state index contributed by atoms with van der Waals surface area (Å²) in [6.07, 6.45) is 0.523. The van der Waals surface area contributed by atoms with E-state index < -0.39 is 5.54 Å². The highest BCUT2D eigenvalue weighted by molar-refractivity contribution is 9.10. The smallest absolute Gasteiger partial charge is 0.0451 e. The number of anilines is 1. The molecule has 0 heterocycles. The van der Waals surface area contributed by atoms with Crippen LogP contribution in [0, 0.1) is 0 Å². The van der Waals surface area contributed by atoms with E-state index >= 15 is 0 Å². The van der Waals surface area contributed by atoms with Crippen molar-refractivity contribution in [1.82, 2.24) is 0 Å². The number of aliphatic hydroxyl groups is 1. The predicted molar refractivity (Wildman–Crippen MR) is 61.8 cm³/mol. The molecule has 0 amide bonds. The first-order valence-corrected chi connectivity index (χ1v) is 5.22. The highest BCUT2D eigenvalue weighted by Gasteiger charge is 2.22. The first kappa shape index (κ1) is 11.5. The van der Waals surface area contributed by atoms with Crippen molar-refractivity contribution in [3.8, 4) is 0 Å². The van der Waals surface area contributed by atoms with Gasteiger partial charge in [0.05, 0.1) is 0 Å². The van der Waals surface area contributed by atoms with Crippen molar-refractivity contribution in [2.45, 2.75) is 18.9 Å². The van der Waals surface area contributed by atoms with Gasteiger partial charge in [0, 0.05) is 22.3 Å². The lowest BCUT2D eigenvalue weighted by molar-refractivity contribution is 0.247. The van der Waals surface area contributed by atoms with Crippen LogP contribution in [0.3, 0.4) is 0 Å². The SMILES string of the molecule is CC(N)(CCO)c1ccc(N)cc1Br. The highest BCUT2D eigenvalue weighted by Crippen LogP contribution is 2.30. The Morgan fingerprint density at radius 2 is 2.14 bits per heavy atom. The molecule has 0 aliphatic rings. The summed E-state index contributed by atoms with van der Waals surface area (Å²) in [5.74, 6) is 0. The van der Waals surface area contributed by atoms with E-state index in [1.165, 1.54) is 0 Å². The molecule has 1 rings (SSSR count). The van der Waals surface area contributed by atoms with Crippen molar-refractivity contribution in [1.29, 1.82) is 0 Å². The molecule has 0 bridgehead atoms. The molecule has 0 aromatic heterocycles. The number of nitrogens with two attached hydrogens (primary N) is 2. The van der Waals surface area contributed by atoms with Crippen LogP contribution in [0.15, 0.2) is 22.7 Å². The topological polar surface area (TPSA) is 72.3 Å². The zero-order valence-corrected chi connectivity index (χ0v) is 9.71. The van der Waals surface area contributed by atoms with Crippen LogP contribution in [0.4, 0.5) is 5.69 Å². The molecule has 0 radical (unpaired) electrons. The fraction of sp³-hybridized carbons (Fsp3) is 0.400. The Morgan fingerprint density at radius 1 is 1.50 bits per heavy atom. The Kier molecular flexibility index (Phi) is 3.53. The Morgan fingerprint density at radius 3 is 2.64 bits per heavy atom. The van der Waals surface area contributed by atoms with Crippen LogP contribution in [0.25, 0.3) is 0 Å². The lowest BCUT2D eigenvalue weighted by Crippen LogP contribution is -2.34. The molecule has 0 spiro atoms. The number of benzene rings is 1. The minimum Gasteiger partial charge on any atom is -0.399 e. The maximum absolute atomic E-state index is 8.89. The van der Waals surface area contributed by atoms with Gasteiger partial charge in [0.2, 0.25) is 0 Å². The molecule has 0 aliphatic heterocycles. The Labute approximate surface area is 92.2 Å². The number of nitrogen functional groups attached to an aromatic ring is 1. The van der Waals surface area contributed by atoms with Gasteiger partial charge in [-0.05, 0) is 31.0 Å². The number of aliphatic hydroxyl groups excluding tert-OH is 1. The summed E-state index contributed by atoms with van der Waals surface area (Å²) in [5, 5.41) is 8.89. The van der Waals surface area contributed by atoms with Crippen LogP contribution >= 0.6 is 15.9 Å². The van der Waals surface area contributed by atoms with E-state index in [4.69, 9.17) is 16.6 Å². The van der Waals surface area contributed by atoms with E-state index in [1.54, 1.807) is 0 Å². The van der Waals surface area contributed by atoms with Crippen LogP contribution in [0.5, 0.6) is 0 Å².